The van der Waals surface area contributed by atoms with Crippen molar-refractivity contribution in [3.05, 3.63) is 35.7 Å². The van der Waals surface area contributed by atoms with Crippen molar-refractivity contribution in [2.45, 2.75) is 19.9 Å². The molecule has 0 aliphatic rings. The van der Waals surface area contributed by atoms with E-state index in [2.05, 4.69) is 4.98 Å². The minimum absolute atomic E-state index is 0.0517. The predicted molar refractivity (Wildman–Crippen MR) is 68.1 cm³/mol. The maximum absolute atomic E-state index is 12.1. The Balaban J connectivity index is 3.09. The van der Waals surface area contributed by atoms with E-state index in [9.17, 15) is 9.59 Å². The molecule has 1 heterocycles. The highest BCUT2D eigenvalue weighted by Gasteiger charge is 2.17. The van der Waals surface area contributed by atoms with E-state index < -0.39 is 5.97 Å². The lowest BCUT2D eigenvalue weighted by molar-refractivity contribution is -0.131. The number of carboxylic acids is 1. The molecule has 5 heteroatoms. The number of amides is 1. The SMILES string of the molecule is CC(C)N(C)C(=O)c1ncccc1/C=C/C(=O)O. The van der Waals surface area contributed by atoms with Crippen molar-refractivity contribution < 1.29 is 14.7 Å². The molecule has 1 amide bonds. The number of carbonyl (C=O) groups excluding carboxylic acids is 1. The Morgan fingerprint density at radius 1 is 1.44 bits per heavy atom. The summed E-state index contributed by atoms with van der Waals surface area (Å²) in [6, 6.07) is 3.37. The van der Waals surface area contributed by atoms with Gasteiger partial charge in [0.25, 0.3) is 5.91 Å². The van der Waals surface area contributed by atoms with Gasteiger partial charge in [0, 0.05) is 30.9 Å². The van der Waals surface area contributed by atoms with E-state index in [4.69, 9.17) is 5.11 Å². The van der Waals surface area contributed by atoms with Crippen LogP contribution in [0.1, 0.15) is 29.9 Å². The second-order valence-electron chi connectivity index (χ2n) is 4.12. The number of aliphatic carboxylic acids is 1. The molecule has 0 aliphatic carbocycles. The quantitative estimate of drug-likeness (QED) is 0.823. The molecule has 5 nitrogen and oxygen atoms in total. The van der Waals surface area contributed by atoms with Crippen LogP contribution in [0.3, 0.4) is 0 Å². The highest BCUT2D eigenvalue weighted by Crippen LogP contribution is 2.11. The average Bonchev–Trinajstić information content (AvgIpc) is 2.34. The zero-order chi connectivity index (χ0) is 13.7. The first-order valence-corrected chi connectivity index (χ1v) is 5.56. The minimum atomic E-state index is -1.06. The molecule has 0 radical (unpaired) electrons. The van der Waals surface area contributed by atoms with E-state index in [0.717, 1.165) is 6.08 Å². The molecule has 0 saturated carbocycles. The third kappa shape index (κ3) is 3.41. The number of hydrogen-bond donors (Lipinski definition) is 1. The van der Waals surface area contributed by atoms with Gasteiger partial charge in [-0.15, -0.1) is 0 Å². The smallest absolute Gasteiger partial charge is 0.328 e. The first-order valence-electron chi connectivity index (χ1n) is 5.56. The molecule has 1 rings (SSSR count). The van der Waals surface area contributed by atoms with Crippen molar-refractivity contribution in [2.75, 3.05) is 7.05 Å². The number of rotatable bonds is 4. The molecule has 1 aromatic rings. The number of nitrogens with zero attached hydrogens (tertiary/aromatic N) is 2. The topological polar surface area (TPSA) is 70.5 Å². The lowest BCUT2D eigenvalue weighted by Gasteiger charge is -2.21. The van der Waals surface area contributed by atoms with Crippen molar-refractivity contribution >= 4 is 18.0 Å². The molecular weight excluding hydrogens is 232 g/mol. The summed E-state index contributed by atoms with van der Waals surface area (Å²) in [5, 5.41) is 8.60. The first-order chi connectivity index (χ1) is 8.43. The third-order valence-electron chi connectivity index (χ3n) is 2.54. The van der Waals surface area contributed by atoms with Crippen LogP contribution in [-0.4, -0.2) is 40.0 Å². The van der Waals surface area contributed by atoms with Gasteiger partial charge in [0.05, 0.1) is 0 Å². The largest absolute Gasteiger partial charge is 0.478 e. The normalized spacial score (nSPS) is 10.9. The molecule has 0 aliphatic heterocycles. The van der Waals surface area contributed by atoms with E-state index in [0.29, 0.717) is 5.56 Å². The molecule has 0 aromatic carbocycles. The molecule has 0 spiro atoms. The van der Waals surface area contributed by atoms with E-state index in [-0.39, 0.29) is 17.6 Å². The molecule has 0 fully saturated rings. The number of carboxylic acid groups (broad SMARTS) is 1. The van der Waals surface area contributed by atoms with Gasteiger partial charge in [0.15, 0.2) is 0 Å². The van der Waals surface area contributed by atoms with Crippen molar-refractivity contribution in [3.63, 3.8) is 0 Å². The number of carbonyl (C=O) groups is 2. The summed E-state index contributed by atoms with van der Waals surface area (Å²) in [5.74, 6) is -1.29. The van der Waals surface area contributed by atoms with Crippen molar-refractivity contribution in [3.8, 4) is 0 Å². The molecule has 0 bridgehead atoms. The minimum Gasteiger partial charge on any atom is -0.478 e. The van der Waals surface area contributed by atoms with Crippen molar-refractivity contribution in [2.24, 2.45) is 0 Å². The molecule has 0 atom stereocenters. The summed E-state index contributed by atoms with van der Waals surface area (Å²) < 4.78 is 0. The van der Waals surface area contributed by atoms with Crippen LogP contribution < -0.4 is 0 Å². The van der Waals surface area contributed by atoms with Crippen molar-refractivity contribution in [1.82, 2.24) is 9.88 Å². The zero-order valence-corrected chi connectivity index (χ0v) is 10.6. The van der Waals surface area contributed by atoms with Gasteiger partial charge in [-0.25, -0.2) is 4.79 Å². The lowest BCUT2D eigenvalue weighted by Crippen LogP contribution is -2.34. The second-order valence-corrected chi connectivity index (χ2v) is 4.12. The van der Waals surface area contributed by atoms with Gasteiger partial charge in [-0.1, -0.05) is 6.07 Å². The van der Waals surface area contributed by atoms with Crippen LogP contribution in [-0.2, 0) is 4.79 Å². The Labute approximate surface area is 106 Å². The summed E-state index contributed by atoms with van der Waals surface area (Å²) in [4.78, 5) is 28.2. The molecule has 0 unspecified atom stereocenters. The summed E-state index contributed by atoms with van der Waals surface area (Å²) in [6.07, 6.45) is 3.87. The van der Waals surface area contributed by atoms with E-state index >= 15 is 0 Å². The number of pyridine rings is 1. The molecule has 96 valence electrons. The maximum atomic E-state index is 12.1. The van der Waals surface area contributed by atoms with Crippen molar-refractivity contribution in [1.29, 1.82) is 0 Å². The summed E-state index contributed by atoms with van der Waals surface area (Å²) in [7, 11) is 1.69. The molecule has 1 N–H and O–H groups in total. The zero-order valence-electron chi connectivity index (χ0n) is 10.6. The first kappa shape index (κ1) is 13.9. The summed E-state index contributed by atoms with van der Waals surface area (Å²) in [5.41, 5.74) is 0.753. The maximum Gasteiger partial charge on any atom is 0.328 e. The standard InChI is InChI=1S/C13H16N2O3/c1-9(2)15(3)13(18)12-10(5-4-8-14-12)6-7-11(16)17/h4-9H,1-3H3,(H,16,17)/b7-6+. The van der Waals surface area contributed by atoms with Crippen LogP contribution in [0.2, 0.25) is 0 Å². The summed E-state index contributed by atoms with van der Waals surface area (Å²) in [6.45, 7) is 3.79. The third-order valence-corrected chi connectivity index (χ3v) is 2.54. The fourth-order valence-corrected chi connectivity index (χ4v) is 1.29. The fraction of sp³-hybridized carbons (Fsp3) is 0.308. The predicted octanol–water partition coefficient (Wildman–Crippen LogP) is 1.66. The van der Waals surface area contributed by atoms with Gasteiger partial charge in [0.1, 0.15) is 5.69 Å². The highest BCUT2D eigenvalue weighted by atomic mass is 16.4. The van der Waals surface area contributed by atoms with Gasteiger partial charge < -0.3 is 10.0 Å². The van der Waals surface area contributed by atoms with E-state index in [1.807, 2.05) is 13.8 Å². The van der Waals surface area contributed by atoms with Crippen LogP contribution in [0.15, 0.2) is 24.4 Å². The molecule has 18 heavy (non-hydrogen) atoms. The Bertz CT molecular complexity index is 481. The second kappa shape index (κ2) is 5.95. The summed E-state index contributed by atoms with van der Waals surface area (Å²) >= 11 is 0. The molecular formula is C13H16N2O3. The molecule has 0 saturated heterocycles. The van der Waals surface area contributed by atoms with Gasteiger partial charge >= 0.3 is 5.97 Å². The Morgan fingerprint density at radius 3 is 2.67 bits per heavy atom. The molecule has 1 aromatic heterocycles. The van der Waals surface area contributed by atoms with Crippen LogP contribution >= 0.6 is 0 Å². The van der Waals surface area contributed by atoms with E-state index in [1.54, 1.807) is 24.1 Å². The lowest BCUT2D eigenvalue weighted by atomic mass is 10.1. The number of aromatic nitrogens is 1. The fourth-order valence-electron chi connectivity index (χ4n) is 1.29. The Morgan fingerprint density at radius 2 is 2.11 bits per heavy atom. The monoisotopic (exact) mass is 248 g/mol. The van der Waals surface area contributed by atoms with E-state index in [1.165, 1.54) is 12.3 Å². The Hall–Kier alpha value is -2.17. The highest BCUT2D eigenvalue weighted by molar-refractivity contribution is 5.97. The number of hydrogen-bond acceptors (Lipinski definition) is 3. The van der Waals surface area contributed by atoms with Gasteiger partial charge in [-0.05, 0) is 26.0 Å². The van der Waals surface area contributed by atoms with Crippen LogP contribution in [0.25, 0.3) is 6.08 Å². The van der Waals surface area contributed by atoms with Gasteiger partial charge in [-0.3, -0.25) is 9.78 Å². The van der Waals surface area contributed by atoms with Crippen LogP contribution in [0.4, 0.5) is 0 Å². The average molecular weight is 248 g/mol. The van der Waals surface area contributed by atoms with Gasteiger partial charge in [0.2, 0.25) is 0 Å². The van der Waals surface area contributed by atoms with Crippen LogP contribution in [0, 0.1) is 0 Å². The van der Waals surface area contributed by atoms with Crippen LogP contribution in [0.5, 0.6) is 0 Å². The van der Waals surface area contributed by atoms with Gasteiger partial charge in [-0.2, -0.15) is 0 Å². The Kier molecular flexibility index (Phi) is 4.59.